The summed E-state index contributed by atoms with van der Waals surface area (Å²) >= 11 is 8.25. The van der Waals surface area contributed by atoms with Crippen molar-refractivity contribution in [3.05, 3.63) is 32.9 Å². The summed E-state index contributed by atoms with van der Waals surface area (Å²) in [7, 11) is 0. The van der Waals surface area contributed by atoms with Crippen LogP contribution in [0.1, 0.15) is 0 Å². The Morgan fingerprint density at radius 3 is 2.83 bits per heavy atom. The summed E-state index contributed by atoms with van der Waals surface area (Å²) in [6, 6.07) is 5.89. The van der Waals surface area contributed by atoms with Crippen molar-refractivity contribution < 1.29 is 0 Å². The molecule has 0 saturated heterocycles. The normalized spacial score (nSPS) is 10.0. The van der Waals surface area contributed by atoms with Gasteiger partial charge in [-0.25, -0.2) is 0 Å². The standard InChI is InChI=1S/C8H5NS3/c10-8-11-5-7(12-8)6-3-1-2-4-9-6/h1-5H. The predicted octanol–water partition coefficient (Wildman–Crippen LogP) is 3.60. The van der Waals surface area contributed by atoms with Crippen LogP contribution in [0.5, 0.6) is 0 Å². The lowest BCUT2D eigenvalue weighted by Gasteiger charge is -1.91. The molecule has 0 bridgehead atoms. The van der Waals surface area contributed by atoms with E-state index in [0.29, 0.717) is 0 Å². The first-order valence-electron chi connectivity index (χ1n) is 3.36. The van der Waals surface area contributed by atoms with Crippen LogP contribution in [0.15, 0.2) is 29.8 Å². The average molecular weight is 211 g/mol. The minimum Gasteiger partial charge on any atom is -0.255 e. The van der Waals surface area contributed by atoms with Crippen LogP contribution in [0.3, 0.4) is 0 Å². The van der Waals surface area contributed by atoms with Gasteiger partial charge in [0.15, 0.2) is 0 Å². The molecule has 0 unspecified atom stereocenters. The molecule has 0 aliphatic rings. The summed E-state index contributed by atoms with van der Waals surface area (Å²) < 4.78 is 0.954. The number of nitrogens with zero attached hydrogens (tertiary/aromatic N) is 1. The molecule has 0 fully saturated rings. The quantitative estimate of drug-likeness (QED) is 0.668. The van der Waals surface area contributed by atoms with Gasteiger partial charge in [0.1, 0.15) is 3.14 Å². The zero-order chi connectivity index (χ0) is 8.39. The zero-order valence-corrected chi connectivity index (χ0v) is 8.51. The van der Waals surface area contributed by atoms with Gasteiger partial charge < -0.3 is 0 Å². The Bertz CT molecular complexity index is 415. The van der Waals surface area contributed by atoms with Crippen LogP contribution in [-0.2, 0) is 0 Å². The van der Waals surface area contributed by atoms with Crippen molar-refractivity contribution in [2.45, 2.75) is 0 Å². The highest BCUT2D eigenvalue weighted by Crippen LogP contribution is 2.26. The lowest BCUT2D eigenvalue weighted by atomic mass is 10.3. The summed E-state index contributed by atoms with van der Waals surface area (Å²) in [6.07, 6.45) is 1.79. The van der Waals surface area contributed by atoms with E-state index in [1.807, 2.05) is 18.2 Å². The molecule has 0 spiro atoms. The number of hydrogen-bond acceptors (Lipinski definition) is 4. The Morgan fingerprint density at radius 2 is 2.25 bits per heavy atom. The van der Waals surface area contributed by atoms with Gasteiger partial charge in [-0.15, -0.1) is 22.7 Å². The van der Waals surface area contributed by atoms with Crippen LogP contribution >= 0.6 is 34.9 Å². The van der Waals surface area contributed by atoms with Crippen LogP contribution < -0.4 is 0 Å². The van der Waals surface area contributed by atoms with E-state index in [-0.39, 0.29) is 0 Å². The van der Waals surface area contributed by atoms with E-state index in [1.165, 1.54) is 0 Å². The smallest absolute Gasteiger partial charge is 0.144 e. The SMILES string of the molecule is S=c1scc(-c2ccccn2)s1. The van der Waals surface area contributed by atoms with E-state index in [0.717, 1.165) is 13.7 Å². The molecule has 0 N–H and O–H groups in total. The fourth-order valence-corrected chi connectivity index (χ4v) is 2.95. The molecule has 0 aliphatic heterocycles. The maximum atomic E-state index is 5.04. The van der Waals surface area contributed by atoms with Gasteiger partial charge in [-0.3, -0.25) is 4.98 Å². The van der Waals surface area contributed by atoms with E-state index in [2.05, 4.69) is 10.4 Å². The van der Waals surface area contributed by atoms with Gasteiger partial charge in [0.05, 0.1) is 10.6 Å². The Labute approximate surface area is 83.4 Å². The molecular weight excluding hydrogens is 206 g/mol. The first-order chi connectivity index (χ1) is 5.86. The van der Waals surface area contributed by atoms with Gasteiger partial charge >= 0.3 is 0 Å². The second-order valence-corrected chi connectivity index (χ2v) is 5.28. The van der Waals surface area contributed by atoms with E-state index < -0.39 is 0 Å². The van der Waals surface area contributed by atoms with Crippen molar-refractivity contribution in [1.29, 1.82) is 0 Å². The zero-order valence-electron chi connectivity index (χ0n) is 6.06. The van der Waals surface area contributed by atoms with E-state index in [4.69, 9.17) is 12.2 Å². The summed E-state index contributed by atoms with van der Waals surface area (Å²) in [5, 5.41) is 2.05. The van der Waals surface area contributed by atoms with Gasteiger partial charge in [-0.2, -0.15) is 0 Å². The summed E-state index contributed by atoms with van der Waals surface area (Å²) in [5.74, 6) is 0. The highest BCUT2D eigenvalue weighted by molar-refractivity contribution is 7.76. The van der Waals surface area contributed by atoms with Gasteiger partial charge in [0.25, 0.3) is 0 Å². The Morgan fingerprint density at radius 1 is 1.33 bits per heavy atom. The van der Waals surface area contributed by atoms with Crippen LogP contribution in [0.4, 0.5) is 0 Å². The van der Waals surface area contributed by atoms with Crippen molar-refractivity contribution >= 4 is 34.9 Å². The van der Waals surface area contributed by atoms with Crippen molar-refractivity contribution in [3.8, 4) is 10.6 Å². The molecule has 2 rings (SSSR count). The van der Waals surface area contributed by atoms with Gasteiger partial charge in [-0.05, 0) is 12.1 Å². The van der Waals surface area contributed by atoms with Crippen molar-refractivity contribution in [2.75, 3.05) is 0 Å². The topological polar surface area (TPSA) is 12.9 Å². The largest absolute Gasteiger partial charge is 0.255 e. The highest BCUT2D eigenvalue weighted by Gasteiger charge is 1.98. The van der Waals surface area contributed by atoms with Crippen molar-refractivity contribution in [2.24, 2.45) is 0 Å². The number of aromatic nitrogens is 1. The molecule has 0 aliphatic carbocycles. The Kier molecular flexibility index (Phi) is 2.30. The van der Waals surface area contributed by atoms with Gasteiger partial charge in [-0.1, -0.05) is 18.3 Å². The first-order valence-corrected chi connectivity index (χ1v) is 5.47. The van der Waals surface area contributed by atoms with Crippen LogP contribution in [0.2, 0.25) is 0 Å². The molecule has 0 amide bonds. The summed E-state index contributed by atoms with van der Waals surface area (Å²) in [4.78, 5) is 5.39. The summed E-state index contributed by atoms with van der Waals surface area (Å²) in [6.45, 7) is 0. The molecule has 2 aromatic heterocycles. The second kappa shape index (κ2) is 3.43. The summed E-state index contributed by atoms with van der Waals surface area (Å²) in [5.41, 5.74) is 1.01. The van der Waals surface area contributed by atoms with Crippen molar-refractivity contribution in [1.82, 2.24) is 4.98 Å². The molecule has 0 aromatic carbocycles. The number of pyridine rings is 1. The molecule has 2 aromatic rings. The van der Waals surface area contributed by atoms with Gasteiger partial charge in [0, 0.05) is 11.6 Å². The van der Waals surface area contributed by atoms with Crippen molar-refractivity contribution in [3.63, 3.8) is 0 Å². The molecule has 60 valence electrons. The molecule has 4 heteroatoms. The van der Waals surface area contributed by atoms with E-state index >= 15 is 0 Å². The van der Waals surface area contributed by atoms with Crippen LogP contribution in [0, 0.1) is 3.14 Å². The Balaban J connectivity index is 2.51. The van der Waals surface area contributed by atoms with Crippen LogP contribution in [-0.4, -0.2) is 4.98 Å². The average Bonchev–Trinajstić information content (AvgIpc) is 2.54. The minimum absolute atomic E-state index is 0.954. The first kappa shape index (κ1) is 8.04. The maximum absolute atomic E-state index is 5.04. The molecule has 12 heavy (non-hydrogen) atoms. The lowest BCUT2D eigenvalue weighted by Crippen LogP contribution is -1.74. The van der Waals surface area contributed by atoms with E-state index in [9.17, 15) is 0 Å². The fourth-order valence-electron chi connectivity index (χ4n) is 0.861. The molecule has 0 radical (unpaired) electrons. The predicted molar refractivity (Wildman–Crippen MR) is 56.3 cm³/mol. The van der Waals surface area contributed by atoms with Crippen LogP contribution in [0.25, 0.3) is 10.6 Å². The number of hydrogen-bond donors (Lipinski definition) is 0. The monoisotopic (exact) mass is 211 g/mol. The third-order valence-corrected chi connectivity index (χ3v) is 3.86. The fraction of sp³-hybridized carbons (Fsp3) is 0. The second-order valence-electron chi connectivity index (χ2n) is 2.17. The maximum Gasteiger partial charge on any atom is 0.144 e. The highest BCUT2D eigenvalue weighted by atomic mass is 32.2. The third-order valence-electron chi connectivity index (χ3n) is 1.37. The Hall–Kier alpha value is -0.580. The molecule has 2 heterocycles. The molecular formula is C8H5NS3. The van der Waals surface area contributed by atoms with Gasteiger partial charge in [0.2, 0.25) is 0 Å². The minimum atomic E-state index is 0.954. The third kappa shape index (κ3) is 1.60. The molecule has 0 saturated carbocycles. The lowest BCUT2D eigenvalue weighted by molar-refractivity contribution is 1.34. The number of rotatable bonds is 1. The van der Waals surface area contributed by atoms with E-state index in [1.54, 1.807) is 28.9 Å². The molecule has 0 atom stereocenters. The molecule has 1 nitrogen and oxygen atoms in total.